The van der Waals surface area contributed by atoms with Crippen molar-refractivity contribution in [2.45, 2.75) is 39.3 Å². The van der Waals surface area contributed by atoms with Crippen LogP contribution in [0.3, 0.4) is 0 Å². The molecule has 1 aliphatic rings. The highest BCUT2D eigenvalue weighted by Gasteiger charge is 2.29. The Morgan fingerprint density at radius 3 is 2.82 bits per heavy atom. The van der Waals surface area contributed by atoms with Crippen LogP contribution in [-0.2, 0) is 17.8 Å². The van der Waals surface area contributed by atoms with Crippen molar-refractivity contribution in [2.75, 3.05) is 18.5 Å². The number of likely N-dealkylation sites (N-methyl/N-ethyl adjacent to an activating group) is 1. The van der Waals surface area contributed by atoms with Crippen molar-refractivity contribution in [1.29, 1.82) is 0 Å². The zero-order valence-electron chi connectivity index (χ0n) is 16.5. The van der Waals surface area contributed by atoms with E-state index in [0.717, 1.165) is 13.0 Å². The number of carbonyl (C=O) groups is 1. The number of benzene rings is 1. The van der Waals surface area contributed by atoms with Crippen LogP contribution in [0.1, 0.15) is 30.4 Å². The van der Waals surface area contributed by atoms with Crippen LogP contribution in [0.2, 0.25) is 0 Å². The molecule has 1 amide bonds. The molecule has 0 bridgehead atoms. The zero-order chi connectivity index (χ0) is 19.7. The SMILES string of the molecule is CCC1CN(C)c2ccccc2CN1C(=O)Cc1nc(-c2ccco2)oc1C. The maximum atomic E-state index is 13.3. The molecule has 1 aromatic carbocycles. The van der Waals surface area contributed by atoms with Crippen LogP contribution >= 0.6 is 0 Å². The summed E-state index contributed by atoms with van der Waals surface area (Å²) in [7, 11) is 2.09. The van der Waals surface area contributed by atoms with Gasteiger partial charge in [0.25, 0.3) is 5.89 Å². The van der Waals surface area contributed by atoms with Crippen molar-refractivity contribution in [2.24, 2.45) is 0 Å². The Hall–Kier alpha value is -3.02. The molecule has 0 N–H and O–H groups in total. The van der Waals surface area contributed by atoms with E-state index in [1.54, 1.807) is 18.4 Å². The molecule has 6 nitrogen and oxygen atoms in total. The van der Waals surface area contributed by atoms with Gasteiger partial charge in [-0.15, -0.1) is 0 Å². The Morgan fingerprint density at radius 2 is 2.07 bits per heavy atom. The van der Waals surface area contributed by atoms with Gasteiger partial charge >= 0.3 is 0 Å². The number of para-hydroxylation sites is 1. The van der Waals surface area contributed by atoms with Gasteiger partial charge in [-0.25, -0.2) is 4.98 Å². The predicted molar refractivity (Wildman–Crippen MR) is 107 cm³/mol. The van der Waals surface area contributed by atoms with Crippen molar-refractivity contribution < 1.29 is 13.6 Å². The van der Waals surface area contributed by atoms with Crippen molar-refractivity contribution in [3.63, 3.8) is 0 Å². The van der Waals surface area contributed by atoms with Crippen LogP contribution in [0, 0.1) is 6.92 Å². The van der Waals surface area contributed by atoms with E-state index in [2.05, 4.69) is 36.0 Å². The molecule has 3 aromatic rings. The summed E-state index contributed by atoms with van der Waals surface area (Å²) in [6, 6.07) is 12.0. The molecule has 1 unspecified atom stereocenters. The average Bonchev–Trinajstić information content (AvgIpc) is 3.31. The van der Waals surface area contributed by atoms with E-state index in [4.69, 9.17) is 8.83 Å². The van der Waals surface area contributed by atoms with E-state index in [0.29, 0.717) is 29.6 Å². The summed E-state index contributed by atoms with van der Waals surface area (Å²) in [6.45, 7) is 5.39. The van der Waals surface area contributed by atoms with Crippen LogP contribution in [0.5, 0.6) is 0 Å². The molecule has 0 radical (unpaired) electrons. The molecule has 4 rings (SSSR count). The van der Waals surface area contributed by atoms with Crippen LogP contribution in [-0.4, -0.2) is 35.4 Å². The Balaban J connectivity index is 1.58. The van der Waals surface area contributed by atoms with Gasteiger partial charge in [-0.2, -0.15) is 0 Å². The number of hydrogen-bond acceptors (Lipinski definition) is 5. The van der Waals surface area contributed by atoms with Gasteiger partial charge in [-0.3, -0.25) is 4.79 Å². The molecule has 28 heavy (non-hydrogen) atoms. The molecule has 0 saturated carbocycles. The largest absolute Gasteiger partial charge is 0.459 e. The number of furan rings is 1. The van der Waals surface area contributed by atoms with E-state index in [-0.39, 0.29) is 18.4 Å². The van der Waals surface area contributed by atoms with E-state index in [1.165, 1.54) is 11.3 Å². The Kier molecular flexibility index (Phi) is 4.94. The topological polar surface area (TPSA) is 62.7 Å². The van der Waals surface area contributed by atoms with Gasteiger partial charge in [-0.05, 0) is 37.1 Å². The Labute approximate surface area is 164 Å². The summed E-state index contributed by atoms with van der Waals surface area (Å²) >= 11 is 0. The molecule has 0 saturated heterocycles. The normalized spacial score (nSPS) is 16.8. The first-order valence-electron chi connectivity index (χ1n) is 9.65. The molecule has 0 spiro atoms. The number of carbonyl (C=O) groups excluding carboxylic acids is 1. The minimum Gasteiger partial charge on any atom is -0.459 e. The second kappa shape index (κ2) is 7.54. The number of oxazole rings is 1. The van der Waals surface area contributed by atoms with Gasteiger partial charge in [0.05, 0.1) is 18.4 Å². The monoisotopic (exact) mass is 379 g/mol. The zero-order valence-corrected chi connectivity index (χ0v) is 16.5. The number of nitrogens with zero attached hydrogens (tertiary/aromatic N) is 3. The van der Waals surface area contributed by atoms with Crippen molar-refractivity contribution >= 4 is 11.6 Å². The maximum absolute atomic E-state index is 13.3. The standard InChI is InChI=1S/C22H25N3O3/c1-4-17-14-24(3)19-9-6-5-8-16(19)13-25(17)21(26)12-18-15(2)28-22(23-18)20-10-7-11-27-20/h5-11,17H,4,12-14H2,1-3H3. The smallest absolute Gasteiger partial charge is 0.263 e. The van der Waals surface area contributed by atoms with Crippen LogP contribution in [0.25, 0.3) is 11.7 Å². The average molecular weight is 379 g/mol. The highest BCUT2D eigenvalue weighted by Crippen LogP contribution is 2.28. The highest BCUT2D eigenvalue weighted by molar-refractivity contribution is 5.79. The molecule has 2 aromatic heterocycles. The van der Waals surface area contributed by atoms with E-state index in [1.807, 2.05) is 24.0 Å². The Bertz CT molecular complexity index is 961. The summed E-state index contributed by atoms with van der Waals surface area (Å²) in [5, 5.41) is 0. The minimum atomic E-state index is 0.0688. The van der Waals surface area contributed by atoms with E-state index in [9.17, 15) is 4.79 Å². The number of anilines is 1. The first-order chi connectivity index (χ1) is 13.6. The summed E-state index contributed by atoms with van der Waals surface area (Å²) in [5.41, 5.74) is 3.02. The summed E-state index contributed by atoms with van der Waals surface area (Å²) in [5.74, 6) is 1.70. The number of rotatable bonds is 4. The molecule has 0 aliphatic carbocycles. The summed E-state index contributed by atoms with van der Waals surface area (Å²) in [4.78, 5) is 22.0. The number of aryl methyl sites for hydroxylation is 1. The van der Waals surface area contributed by atoms with Gasteiger partial charge in [0.2, 0.25) is 5.91 Å². The first kappa shape index (κ1) is 18.3. The van der Waals surface area contributed by atoms with E-state index >= 15 is 0 Å². The second-order valence-corrected chi connectivity index (χ2v) is 7.27. The molecule has 146 valence electrons. The quantitative estimate of drug-likeness (QED) is 0.684. The second-order valence-electron chi connectivity index (χ2n) is 7.27. The highest BCUT2D eigenvalue weighted by atomic mass is 16.4. The molecule has 0 fully saturated rings. The molecular formula is C22H25N3O3. The lowest BCUT2D eigenvalue weighted by Crippen LogP contribution is -2.44. The van der Waals surface area contributed by atoms with Gasteiger partial charge in [0, 0.05) is 31.9 Å². The summed E-state index contributed by atoms with van der Waals surface area (Å²) in [6.07, 6.45) is 2.70. The van der Waals surface area contributed by atoms with Crippen LogP contribution in [0.4, 0.5) is 5.69 Å². The fourth-order valence-corrected chi connectivity index (χ4v) is 3.83. The lowest BCUT2D eigenvalue weighted by Gasteiger charge is -2.30. The number of aromatic nitrogens is 1. The lowest BCUT2D eigenvalue weighted by atomic mass is 10.1. The van der Waals surface area contributed by atoms with Gasteiger partial charge in [-0.1, -0.05) is 25.1 Å². The van der Waals surface area contributed by atoms with E-state index < -0.39 is 0 Å². The first-order valence-corrected chi connectivity index (χ1v) is 9.65. The third kappa shape index (κ3) is 3.42. The minimum absolute atomic E-state index is 0.0688. The maximum Gasteiger partial charge on any atom is 0.263 e. The summed E-state index contributed by atoms with van der Waals surface area (Å²) < 4.78 is 11.1. The fourth-order valence-electron chi connectivity index (χ4n) is 3.83. The third-order valence-corrected chi connectivity index (χ3v) is 5.40. The number of hydrogen-bond donors (Lipinski definition) is 0. The molecule has 3 heterocycles. The van der Waals surface area contributed by atoms with Crippen LogP contribution < -0.4 is 4.90 Å². The predicted octanol–water partition coefficient (Wildman–Crippen LogP) is 4.04. The fraction of sp³-hybridized carbons (Fsp3) is 0.364. The van der Waals surface area contributed by atoms with Gasteiger partial charge < -0.3 is 18.6 Å². The molecule has 1 atom stereocenters. The van der Waals surface area contributed by atoms with Crippen LogP contribution in [0.15, 0.2) is 51.5 Å². The molecular weight excluding hydrogens is 354 g/mol. The lowest BCUT2D eigenvalue weighted by molar-refractivity contribution is -0.133. The third-order valence-electron chi connectivity index (χ3n) is 5.40. The number of amides is 1. The van der Waals surface area contributed by atoms with Crippen molar-refractivity contribution in [3.05, 3.63) is 59.7 Å². The number of fused-ring (bicyclic) bond motifs is 1. The van der Waals surface area contributed by atoms with Crippen molar-refractivity contribution in [3.8, 4) is 11.7 Å². The molecule has 6 heteroatoms. The van der Waals surface area contributed by atoms with Crippen molar-refractivity contribution in [1.82, 2.24) is 9.88 Å². The van der Waals surface area contributed by atoms with Gasteiger partial charge in [0.15, 0.2) is 5.76 Å². The Morgan fingerprint density at radius 1 is 1.25 bits per heavy atom. The van der Waals surface area contributed by atoms with Gasteiger partial charge in [0.1, 0.15) is 5.76 Å². The molecule has 1 aliphatic heterocycles.